The van der Waals surface area contributed by atoms with Crippen molar-refractivity contribution in [3.63, 3.8) is 0 Å². The molecule has 0 bridgehead atoms. The van der Waals surface area contributed by atoms with E-state index in [1.807, 2.05) is 0 Å². The molecule has 0 aliphatic heterocycles. The quantitative estimate of drug-likeness (QED) is 0.389. The lowest BCUT2D eigenvalue weighted by Crippen LogP contribution is -2.24. The predicted octanol–water partition coefficient (Wildman–Crippen LogP) is 2.94. The van der Waals surface area contributed by atoms with Gasteiger partial charge in [0.15, 0.2) is 5.96 Å². The van der Waals surface area contributed by atoms with E-state index in [4.69, 9.17) is 5.73 Å². The van der Waals surface area contributed by atoms with E-state index < -0.39 is 17.1 Å². The van der Waals surface area contributed by atoms with E-state index in [0.29, 0.717) is 0 Å². The standard InChI is InChI=1S/C10H10F5N3S/c11-6-1-2-7(12)8(5-6)18-9(16)17-3-4-19-10(13,14)15/h1-2,5H,3-4H2,(H3,16,17,18). The van der Waals surface area contributed by atoms with Crippen LogP contribution in [-0.2, 0) is 0 Å². The summed E-state index contributed by atoms with van der Waals surface area (Å²) in [5.74, 6) is -2.02. The highest BCUT2D eigenvalue weighted by molar-refractivity contribution is 8.00. The molecule has 3 nitrogen and oxygen atoms in total. The molecule has 0 radical (unpaired) electrons. The first-order valence-corrected chi connectivity index (χ1v) is 5.99. The van der Waals surface area contributed by atoms with Crippen molar-refractivity contribution < 1.29 is 22.0 Å². The summed E-state index contributed by atoms with van der Waals surface area (Å²) in [6.45, 7) is -0.194. The molecule has 1 rings (SSSR count). The minimum Gasteiger partial charge on any atom is -0.370 e. The second-order valence-electron chi connectivity index (χ2n) is 3.31. The van der Waals surface area contributed by atoms with E-state index >= 15 is 0 Å². The molecule has 106 valence electrons. The van der Waals surface area contributed by atoms with Gasteiger partial charge < -0.3 is 11.1 Å². The Morgan fingerprint density at radius 3 is 2.63 bits per heavy atom. The van der Waals surface area contributed by atoms with E-state index in [1.165, 1.54) is 0 Å². The number of benzene rings is 1. The highest BCUT2D eigenvalue weighted by Crippen LogP contribution is 2.29. The average Bonchev–Trinajstić information content (AvgIpc) is 2.28. The van der Waals surface area contributed by atoms with Gasteiger partial charge in [0.25, 0.3) is 0 Å². The molecule has 0 aliphatic rings. The Kier molecular flexibility index (Phi) is 5.40. The Bertz CT molecular complexity index is 461. The summed E-state index contributed by atoms with van der Waals surface area (Å²) < 4.78 is 61.4. The van der Waals surface area contributed by atoms with E-state index in [1.54, 1.807) is 0 Å². The minimum atomic E-state index is -4.33. The number of nitrogens with two attached hydrogens (primary N) is 1. The highest BCUT2D eigenvalue weighted by Gasteiger charge is 2.27. The molecule has 1 aromatic rings. The Balaban J connectivity index is 2.50. The molecule has 19 heavy (non-hydrogen) atoms. The molecule has 1 aromatic carbocycles. The fourth-order valence-electron chi connectivity index (χ4n) is 1.10. The molecular formula is C10H10F5N3S. The SMILES string of the molecule is NC(=NCCSC(F)(F)F)Nc1cc(F)ccc1F. The van der Waals surface area contributed by atoms with Crippen LogP contribution >= 0.6 is 11.8 Å². The molecule has 0 atom stereocenters. The summed E-state index contributed by atoms with van der Waals surface area (Å²) in [6, 6.07) is 2.68. The highest BCUT2D eigenvalue weighted by atomic mass is 32.2. The fraction of sp³-hybridized carbons (Fsp3) is 0.300. The molecule has 0 heterocycles. The van der Waals surface area contributed by atoms with Gasteiger partial charge in [0.1, 0.15) is 11.6 Å². The van der Waals surface area contributed by atoms with Crippen LogP contribution < -0.4 is 11.1 Å². The molecule has 0 aliphatic carbocycles. The normalized spacial score (nSPS) is 12.6. The van der Waals surface area contributed by atoms with Crippen molar-refractivity contribution in [3.05, 3.63) is 29.8 Å². The Morgan fingerprint density at radius 1 is 1.32 bits per heavy atom. The van der Waals surface area contributed by atoms with Crippen LogP contribution in [0.25, 0.3) is 0 Å². The largest absolute Gasteiger partial charge is 0.441 e. The van der Waals surface area contributed by atoms with Gasteiger partial charge in [0.05, 0.1) is 12.2 Å². The number of hydrogen-bond acceptors (Lipinski definition) is 2. The molecule has 0 fully saturated rings. The first kappa shape index (κ1) is 15.5. The van der Waals surface area contributed by atoms with Crippen LogP contribution in [0.3, 0.4) is 0 Å². The number of nitrogens with one attached hydrogen (secondary N) is 1. The van der Waals surface area contributed by atoms with Crippen LogP contribution in [0.15, 0.2) is 23.2 Å². The third-order valence-electron chi connectivity index (χ3n) is 1.83. The molecule has 3 N–H and O–H groups in total. The van der Waals surface area contributed by atoms with Crippen LogP contribution in [0, 0.1) is 11.6 Å². The lowest BCUT2D eigenvalue weighted by atomic mass is 10.3. The maximum atomic E-state index is 13.2. The molecule has 0 spiro atoms. The van der Waals surface area contributed by atoms with Crippen molar-refractivity contribution in [1.82, 2.24) is 0 Å². The molecule has 9 heteroatoms. The number of nitrogens with zero attached hydrogens (tertiary/aromatic N) is 1. The van der Waals surface area contributed by atoms with E-state index in [0.717, 1.165) is 18.2 Å². The maximum Gasteiger partial charge on any atom is 0.441 e. The summed E-state index contributed by atoms with van der Waals surface area (Å²) >= 11 is -0.237. The average molecular weight is 299 g/mol. The number of thioether (sulfide) groups is 1. The Morgan fingerprint density at radius 2 is 2.00 bits per heavy atom. The van der Waals surface area contributed by atoms with Gasteiger partial charge in [-0.15, -0.1) is 0 Å². The van der Waals surface area contributed by atoms with E-state index in [-0.39, 0.29) is 35.7 Å². The van der Waals surface area contributed by atoms with Gasteiger partial charge in [-0.05, 0) is 23.9 Å². The van der Waals surface area contributed by atoms with Crippen LogP contribution in [0.2, 0.25) is 0 Å². The van der Waals surface area contributed by atoms with Gasteiger partial charge >= 0.3 is 5.51 Å². The topological polar surface area (TPSA) is 50.4 Å². The zero-order valence-electron chi connectivity index (χ0n) is 9.47. The fourth-order valence-corrected chi connectivity index (χ4v) is 1.51. The number of aliphatic imine (C=N–C) groups is 1. The molecule has 0 saturated heterocycles. The molecular weight excluding hydrogens is 289 g/mol. The second-order valence-corrected chi connectivity index (χ2v) is 4.47. The first-order valence-electron chi connectivity index (χ1n) is 5.00. The van der Waals surface area contributed by atoms with Crippen molar-refractivity contribution in [3.8, 4) is 0 Å². The molecule has 0 unspecified atom stereocenters. The number of guanidine groups is 1. The predicted molar refractivity (Wildman–Crippen MR) is 65.0 cm³/mol. The monoisotopic (exact) mass is 299 g/mol. The smallest absolute Gasteiger partial charge is 0.370 e. The maximum absolute atomic E-state index is 13.2. The van der Waals surface area contributed by atoms with E-state index in [2.05, 4.69) is 10.3 Å². The number of alkyl halides is 3. The summed E-state index contributed by atoms with van der Waals surface area (Å²) in [4.78, 5) is 3.57. The summed E-state index contributed by atoms with van der Waals surface area (Å²) in [6.07, 6.45) is 0. The van der Waals surface area contributed by atoms with Gasteiger partial charge in [0.2, 0.25) is 0 Å². The van der Waals surface area contributed by atoms with Crippen molar-refractivity contribution in [2.24, 2.45) is 10.7 Å². The minimum absolute atomic E-state index is 0.194. The number of rotatable bonds is 4. The molecule has 0 amide bonds. The van der Waals surface area contributed by atoms with Crippen LogP contribution in [0.1, 0.15) is 0 Å². The lowest BCUT2D eigenvalue weighted by molar-refractivity contribution is -0.0327. The van der Waals surface area contributed by atoms with Crippen molar-refractivity contribution in [2.45, 2.75) is 5.51 Å². The van der Waals surface area contributed by atoms with Gasteiger partial charge in [-0.25, -0.2) is 8.78 Å². The second kappa shape index (κ2) is 6.60. The Hall–Kier alpha value is -1.51. The van der Waals surface area contributed by atoms with Crippen molar-refractivity contribution >= 4 is 23.4 Å². The lowest BCUT2D eigenvalue weighted by Gasteiger charge is -2.07. The number of anilines is 1. The Labute approximate surface area is 110 Å². The number of halogens is 5. The third-order valence-corrected chi connectivity index (χ3v) is 2.54. The summed E-state index contributed by atoms with van der Waals surface area (Å²) in [5.41, 5.74) is 0.775. The zero-order valence-corrected chi connectivity index (χ0v) is 10.3. The zero-order chi connectivity index (χ0) is 14.5. The van der Waals surface area contributed by atoms with Crippen molar-refractivity contribution in [2.75, 3.05) is 17.6 Å². The van der Waals surface area contributed by atoms with E-state index in [9.17, 15) is 22.0 Å². The third kappa shape index (κ3) is 6.27. The van der Waals surface area contributed by atoms with Crippen molar-refractivity contribution in [1.29, 1.82) is 0 Å². The van der Waals surface area contributed by atoms with Crippen LogP contribution in [-0.4, -0.2) is 23.8 Å². The molecule has 0 aromatic heterocycles. The summed E-state index contributed by atoms with van der Waals surface area (Å²) in [7, 11) is 0. The van der Waals surface area contributed by atoms with Gasteiger partial charge in [-0.2, -0.15) is 13.2 Å². The van der Waals surface area contributed by atoms with Gasteiger partial charge in [0, 0.05) is 11.8 Å². The molecule has 0 saturated carbocycles. The number of hydrogen-bond donors (Lipinski definition) is 2. The van der Waals surface area contributed by atoms with Gasteiger partial charge in [-0.3, -0.25) is 4.99 Å². The van der Waals surface area contributed by atoms with Gasteiger partial charge in [-0.1, -0.05) is 0 Å². The van der Waals surface area contributed by atoms with Crippen LogP contribution in [0.5, 0.6) is 0 Å². The van der Waals surface area contributed by atoms with Crippen LogP contribution in [0.4, 0.5) is 27.6 Å². The first-order chi connectivity index (χ1) is 8.78. The summed E-state index contributed by atoms with van der Waals surface area (Å²) in [5, 5.41) is 2.27.